The number of nitrogens with one attached hydrogen (secondary N) is 1. The van der Waals surface area contributed by atoms with E-state index in [1.54, 1.807) is 23.1 Å². The number of aliphatic hydroxyl groups excluding tert-OH is 1. The SMILES string of the molecule is Cn1cc([C@H](NC(=O)c2cc3ccccc3cn2)C2CC(O)C2)cn1. The number of hydrogen-bond acceptors (Lipinski definition) is 4. The summed E-state index contributed by atoms with van der Waals surface area (Å²) in [5.41, 5.74) is 1.35. The number of carbonyl (C=O) groups is 1. The van der Waals surface area contributed by atoms with E-state index >= 15 is 0 Å². The minimum Gasteiger partial charge on any atom is -0.393 e. The Bertz CT molecular complexity index is 914. The van der Waals surface area contributed by atoms with Crippen LogP contribution in [0.5, 0.6) is 0 Å². The molecule has 0 aliphatic heterocycles. The molecule has 3 aromatic rings. The smallest absolute Gasteiger partial charge is 0.270 e. The van der Waals surface area contributed by atoms with Gasteiger partial charge in [0.2, 0.25) is 0 Å². The molecule has 6 nitrogen and oxygen atoms in total. The first-order chi connectivity index (χ1) is 12.1. The predicted molar refractivity (Wildman–Crippen MR) is 93.9 cm³/mol. The second-order valence-electron chi connectivity index (χ2n) is 6.70. The summed E-state index contributed by atoms with van der Waals surface area (Å²) in [6, 6.07) is 9.47. The van der Waals surface area contributed by atoms with Gasteiger partial charge in [0.25, 0.3) is 5.91 Å². The van der Waals surface area contributed by atoms with E-state index < -0.39 is 0 Å². The number of benzene rings is 1. The van der Waals surface area contributed by atoms with E-state index in [4.69, 9.17) is 0 Å². The van der Waals surface area contributed by atoms with Crippen LogP contribution in [0.4, 0.5) is 0 Å². The molecule has 0 radical (unpaired) electrons. The van der Waals surface area contributed by atoms with Crippen LogP contribution in [-0.2, 0) is 7.05 Å². The molecule has 1 fully saturated rings. The zero-order valence-electron chi connectivity index (χ0n) is 14.0. The van der Waals surface area contributed by atoms with Crippen LogP contribution in [0.25, 0.3) is 10.8 Å². The summed E-state index contributed by atoms with van der Waals surface area (Å²) >= 11 is 0. The Hall–Kier alpha value is -2.73. The third-order valence-electron chi connectivity index (χ3n) is 4.86. The lowest BCUT2D eigenvalue weighted by molar-refractivity contribution is 0.0234. The van der Waals surface area contributed by atoms with Gasteiger partial charge in [-0.1, -0.05) is 24.3 Å². The highest BCUT2D eigenvalue weighted by Gasteiger charge is 2.36. The van der Waals surface area contributed by atoms with Crippen LogP contribution in [0, 0.1) is 5.92 Å². The van der Waals surface area contributed by atoms with Gasteiger partial charge >= 0.3 is 0 Å². The van der Waals surface area contributed by atoms with Crippen LogP contribution in [-0.4, -0.2) is 31.9 Å². The molecule has 1 aliphatic carbocycles. The second-order valence-corrected chi connectivity index (χ2v) is 6.70. The topological polar surface area (TPSA) is 80.0 Å². The van der Waals surface area contributed by atoms with Crippen molar-refractivity contribution in [2.24, 2.45) is 13.0 Å². The van der Waals surface area contributed by atoms with Gasteiger partial charge in [-0.25, -0.2) is 0 Å². The Balaban J connectivity index is 1.58. The molecule has 2 aromatic heterocycles. The number of carbonyl (C=O) groups excluding carboxylic acids is 1. The van der Waals surface area contributed by atoms with E-state index in [1.165, 1.54) is 0 Å². The van der Waals surface area contributed by atoms with Crippen molar-refractivity contribution in [3.05, 3.63) is 60.2 Å². The molecular weight excluding hydrogens is 316 g/mol. The van der Waals surface area contributed by atoms with E-state index in [2.05, 4.69) is 15.4 Å². The average Bonchev–Trinajstić information content (AvgIpc) is 3.03. The van der Waals surface area contributed by atoms with Crippen molar-refractivity contribution < 1.29 is 9.90 Å². The van der Waals surface area contributed by atoms with E-state index in [0.29, 0.717) is 18.5 Å². The Labute approximate surface area is 145 Å². The molecule has 25 heavy (non-hydrogen) atoms. The Morgan fingerprint density at radius 2 is 2.04 bits per heavy atom. The summed E-state index contributed by atoms with van der Waals surface area (Å²) in [4.78, 5) is 17.0. The first-order valence-corrected chi connectivity index (χ1v) is 8.42. The van der Waals surface area contributed by atoms with Crippen molar-refractivity contribution in [1.29, 1.82) is 0 Å². The molecule has 6 heteroatoms. The average molecular weight is 336 g/mol. The fraction of sp³-hybridized carbons (Fsp3) is 0.316. The summed E-state index contributed by atoms with van der Waals surface area (Å²) in [6.07, 6.45) is 6.49. The van der Waals surface area contributed by atoms with Gasteiger partial charge < -0.3 is 10.4 Å². The molecule has 1 atom stereocenters. The van der Waals surface area contributed by atoms with Crippen LogP contribution in [0.1, 0.15) is 34.9 Å². The zero-order chi connectivity index (χ0) is 17.4. The Morgan fingerprint density at radius 1 is 1.28 bits per heavy atom. The lowest BCUT2D eigenvalue weighted by Crippen LogP contribution is -2.41. The van der Waals surface area contributed by atoms with Gasteiger partial charge in [0.15, 0.2) is 0 Å². The normalized spacial score (nSPS) is 20.9. The molecule has 1 aromatic carbocycles. The maximum absolute atomic E-state index is 12.7. The number of aliphatic hydroxyl groups is 1. The maximum Gasteiger partial charge on any atom is 0.270 e. The highest BCUT2D eigenvalue weighted by Crippen LogP contribution is 2.38. The lowest BCUT2D eigenvalue weighted by Gasteiger charge is -2.37. The number of rotatable bonds is 4. The van der Waals surface area contributed by atoms with Crippen molar-refractivity contribution in [1.82, 2.24) is 20.1 Å². The predicted octanol–water partition coefficient (Wildman–Crippen LogP) is 2.21. The van der Waals surface area contributed by atoms with Gasteiger partial charge in [-0.3, -0.25) is 14.5 Å². The quantitative estimate of drug-likeness (QED) is 0.765. The molecule has 128 valence electrons. The summed E-state index contributed by atoms with van der Waals surface area (Å²) in [6.45, 7) is 0. The summed E-state index contributed by atoms with van der Waals surface area (Å²) in [5, 5.41) is 18.9. The van der Waals surface area contributed by atoms with E-state index in [1.807, 2.05) is 37.5 Å². The number of fused-ring (bicyclic) bond motifs is 1. The fourth-order valence-electron chi connectivity index (χ4n) is 3.40. The molecule has 0 unspecified atom stereocenters. The molecule has 1 saturated carbocycles. The summed E-state index contributed by atoms with van der Waals surface area (Å²) in [5.74, 6) is 0.00426. The van der Waals surface area contributed by atoms with Crippen LogP contribution in [0.2, 0.25) is 0 Å². The summed E-state index contributed by atoms with van der Waals surface area (Å²) in [7, 11) is 1.85. The Morgan fingerprint density at radius 3 is 2.72 bits per heavy atom. The van der Waals surface area contributed by atoms with E-state index in [9.17, 15) is 9.90 Å². The largest absolute Gasteiger partial charge is 0.393 e. The fourth-order valence-corrected chi connectivity index (χ4v) is 3.40. The number of aryl methyl sites for hydroxylation is 1. The molecule has 0 saturated heterocycles. The first kappa shape index (κ1) is 15.8. The van der Waals surface area contributed by atoms with Crippen molar-refractivity contribution in [3.8, 4) is 0 Å². The molecular formula is C19H20N4O2. The molecule has 4 rings (SSSR count). The molecule has 1 amide bonds. The van der Waals surface area contributed by atoms with Crippen molar-refractivity contribution in [2.75, 3.05) is 0 Å². The Kier molecular flexibility index (Phi) is 3.97. The summed E-state index contributed by atoms with van der Waals surface area (Å²) < 4.78 is 1.72. The van der Waals surface area contributed by atoms with Crippen LogP contribution >= 0.6 is 0 Å². The van der Waals surface area contributed by atoms with Crippen molar-refractivity contribution >= 4 is 16.7 Å². The second kappa shape index (κ2) is 6.29. The minimum atomic E-state index is -0.278. The lowest BCUT2D eigenvalue weighted by atomic mass is 9.75. The van der Waals surface area contributed by atoms with Gasteiger partial charge in [-0.15, -0.1) is 0 Å². The maximum atomic E-state index is 12.7. The minimum absolute atomic E-state index is 0.169. The monoisotopic (exact) mass is 336 g/mol. The number of pyridine rings is 1. The van der Waals surface area contributed by atoms with E-state index in [-0.39, 0.29) is 24.0 Å². The highest BCUT2D eigenvalue weighted by molar-refractivity contribution is 5.96. The molecule has 0 spiro atoms. The molecule has 0 bridgehead atoms. The van der Waals surface area contributed by atoms with Gasteiger partial charge in [0.1, 0.15) is 5.69 Å². The van der Waals surface area contributed by atoms with Crippen molar-refractivity contribution in [3.63, 3.8) is 0 Å². The standard InChI is InChI=1S/C19H20N4O2/c1-23-11-15(10-21-23)18(14-6-16(24)7-14)22-19(25)17-8-12-4-2-3-5-13(12)9-20-17/h2-5,8-11,14,16,18,24H,6-7H2,1H3,(H,22,25)/t14?,16?,18-/m1/s1. The van der Waals surface area contributed by atoms with Crippen molar-refractivity contribution in [2.45, 2.75) is 25.0 Å². The first-order valence-electron chi connectivity index (χ1n) is 8.42. The van der Waals surface area contributed by atoms with Gasteiger partial charge in [-0.05, 0) is 30.2 Å². The number of nitrogens with zero attached hydrogens (tertiary/aromatic N) is 3. The molecule has 2 N–H and O–H groups in total. The highest BCUT2D eigenvalue weighted by atomic mass is 16.3. The van der Waals surface area contributed by atoms with Gasteiger partial charge in [0.05, 0.1) is 18.3 Å². The van der Waals surface area contributed by atoms with E-state index in [0.717, 1.165) is 16.3 Å². The van der Waals surface area contributed by atoms with Crippen LogP contribution in [0.15, 0.2) is 48.9 Å². The third kappa shape index (κ3) is 3.13. The number of amides is 1. The van der Waals surface area contributed by atoms with Gasteiger partial charge in [-0.2, -0.15) is 5.10 Å². The molecule has 2 heterocycles. The van der Waals surface area contributed by atoms with Crippen LogP contribution in [0.3, 0.4) is 0 Å². The number of hydrogen-bond donors (Lipinski definition) is 2. The van der Waals surface area contributed by atoms with Crippen LogP contribution < -0.4 is 5.32 Å². The number of aromatic nitrogens is 3. The zero-order valence-corrected chi connectivity index (χ0v) is 14.0. The third-order valence-corrected chi connectivity index (χ3v) is 4.86. The van der Waals surface area contributed by atoms with Gasteiger partial charge in [0, 0.05) is 30.4 Å². The molecule has 1 aliphatic rings.